The quantitative estimate of drug-likeness (QED) is 0.619. The number of ether oxygens (including phenoxy) is 3. The van der Waals surface area contributed by atoms with Crippen LogP contribution in [0, 0.1) is 0 Å². The van der Waals surface area contributed by atoms with Gasteiger partial charge in [-0.1, -0.05) is 12.1 Å². The number of carbonyl (C=O) groups is 1. The number of methoxy groups -OCH3 is 1. The van der Waals surface area contributed by atoms with Gasteiger partial charge in [-0.25, -0.2) is 4.98 Å². The van der Waals surface area contributed by atoms with E-state index in [0.717, 1.165) is 10.4 Å². The van der Waals surface area contributed by atoms with Gasteiger partial charge >= 0.3 is 0 Å². The summed E-state index contributed by atoms with van der Waals surface area (Å²) in [6.45, 7) is 1.47. The van der Waals surface area contributed by atoms with Crippen molar-refractivity contribution in [2.45, 2.75) is 6.54 Å². The Bertz CT molecular complexity index is 922. The Labute approximate surface area is 160 Å². The van der Waals surface area contributed by atoms with E-state index in [9.17, 15) is 4.79 Å². The molecule has 0 unspecified atom stereocenters. The van der Waals surface area contributed by atoms with Gasteiger partial charge in [-0.3, -0.25) is 4.79 Å². The van der Waals surface area contributed by atoms with E-state index in [2.05, 4.69) is 4.98 Å². The Morgan fingerprint density at radius 1 is 1.30 bits per heavy atom. The highest BCUT2D eigenvalue weighted by molar-refractivity contribution is 7.13. The van der Waals surface area contributed by atoms with Gasteiger partial charge in [0, 0.05) is 20.2 Å². The summed E-state index contributed by atoms with van der Waals surface area (Å²) in [4.78, 5) is 19.9. The smallest absolute Gasteiger partial charge is 0.276 e. The first-order valence-electron chi connectivity index (χ1n) is 8.40. The van der Waals surface area contributed by atoms with E-state index in [0.29, 0.717) is 42.6 Å². The molecule has 1 aliphatic heterocycles. The second-order valence-corrected chi connectivity index (χ2v) is 6.86. The summed E-state index contributed by atoms with van der Waals surface area (Å²) in [7, 11) is 1.61. The van der Waals surface area contributed by atoms with Gasteiger partial charge in [0.1, 0.15) is 0 Å². The molecule has 0 saturated carbocycles. The number of oxazole rings is 1. The summed E-state index contributed by atoms with van der Waals surface area (Å²) in [5.74, 6) is 1.68. The molecule has 1 aliphatic rings. The Hall–Kier alpha value is -2.84. The average Bonchev–Trinajstić information content (AvgIpc) is 3.44. The van der Waals surface area contributed by atoms with Gasteiger partial charge < -0.3 is 23.5 Å². The van der Waals surface area contributed by atoms with Crippen LogP contribution in [0.25, 0.3) is 10.6 Å². The zero-order valence-corrected chi connectivity index (χ0v) is 15.5. The summed E-state index contributed by atoms with van der Waals surface area (Å²) in [5, 5.41) is 1.93. The first-order valence-corrected chi connectivity index (χ1v) is 9.28. The van der Waals surface area contributed by atoms with Crippen LogP contribution in [-0.4, -0.2) is 42.8 Å². The average molecular weight is 386 g/mol. The summed E-state index contributed by atoms with van der Waals surface area (Å²) in [5.41, 5.74) is 1.24. The second kappa shape index (κ2) is 7.81. The predicted molar refractivity (Wildman–Crippen MR) is 99.0 cm³/mol. The van der Waals surface area contributed by atoms with Crippen LogP contribution in [0.15, 0.2) is 46.5 Å². The van der Waals surface area contributed by atoms with Crippen LogP contribution < -0.4 is 9.47 Å². The number of amides is 1. The third-order valence-electron chi connectivity index (χ3n) is 4.18. The molecule has 1 aromatic carbocycles. The molecule has 0 atom stereocenters. The molecule has 8 heteroatoms. The maximum absolute atomic E-state index is 13.2. The first-order chi connectivity index (χ1) is 13.3. The summed E-state index contributed by atoms with van der Waals surface area (Å²) in [6, 6.07) is 9.47. The molecule has 0 N–H and O–H groups in total. The predicted octanol–water partition coefficient (Wildman–Crippen LogP) is 3.42. The van der Waals surface area contributed by atoms with Crippen LogP contribution in [0.4, 0.5) is 0 Å². The number of rotatable bonds is 7. The Balaban J connectivity index is 1.59. The minimum Gasteiger partial charge on any atom is -0.454 e. The van der Waals surface area contributed by atoms with E-state index >= 15 is 0 Å². The Morgan fingerprint density at radius 2 is 2.19 bits per heavy atom. The van der Waals surface area contributed by atoms with Crippen LogP contribution in [-0.2, 0) is 11.3 Å². The normalized spacial score (nSPS) is 12.3. The molecule has 7 nitrogen and oxygen atoms in total. The highest BCUT2D eigenvalue weighted by atomic mass is 32.1. The van der Waals surface area contributed by atoms with Crippen LogP contribution in [0.2, 0.25) is 0 Å². The SMILES string of the molecule is COCCN(Cc1ccc2c(c1)OCO2)C(=O)c1ncoc1-c1cccs1. The number of aromatic nitrogens is 1. The minimum absolute atomic E-state index is 0.207. The molecule has 0 saturated heterocycles. The van der Waals surface area contributed by atoms with E-state index < -0.39 is 0 Å². The standard InChI is InChI=1S/C19H18N2O5S/c1-23-7-6-21(10-13-4-5-14-15(9-13)26-12-25-14)19(22)17-18(24-11-20-17)16-3-2-8-27-16/h2-5,8-9,11H,6-7,10,12H2,1H3. The topological polar surface area (TPSA) is 74.0 Å². The molecule has 27 heavy (non-hydrogen) atoms. The molecule has 0 spiro atoms. The number of nitrogens with zero attached hydrogens (tertiary/aromatic N) is 2. The number of hydrogen-bond donors (Lipinski definition) is 0. The summed E-state index contributed by atoms with van der Waals surface area (Å²) < 4.78 is 21.4. The van der Waals surface area contributed by atoms with Crippen molar-refractivity contribution < 1.29 is 23.4 Å². The van der Waals surface area contributed by atoms with Crippen molar-refractivity contribution in [2.75, 3.05) is 27.1 Å². The fraction of sp³-hybridized carbons (Fsp3) is 0.263. The molecule has 140 valence electrons. The first kappa shape index (κ1) is 17.6. The van der Waals surface area contributed by atoms with Gasteiger partial charge in [0.05, 0.1) is 11.5 Å². The molecule has 0 bridgehead atoms. The summed E-state index contributed by atoms with van der Waals surface area (Å²) in [6.07, 6.45) is 1.30. The highest BCUT2D eigenvalue weighted by Crippen LogP contribution is 2.33. The number of benzene rings is 1. The zero-order valence-electron chi connectivity index (χ0n) is 14.7. The zero-order chi connectivity index (χ0) is 18.6. The number of carbonyl (C=O) groups excluding carboxylic acids is 1. The molecule has 3 aromatic rings. The van der Waals surface area contributed by atoms with Gasteiger partial charge in [0.25, 0.3) is 5.91 Å². The molecule has 0 fully saturated rings. The van der Waals surface area contributed by atoms with Gasteiger partial charge in [0.15, 0.2) is 29.3 Å². The van der Waals surface area contributed by atoms with Crippen molar-refractivity contribution in [2.24, 2.45) is 0 Å². The highest BCUT2D eigenvalue weighted by Gasteiger charge is 2.25. The van der Waals surface area contributed by atoms with Crippen LogP contribution in [0.1, 0.15) is 16.1 Å². The van der Waals surface area contributed by atoms with Gasteiger partial charge in [-0.05, 0) is 29.1 Å². The third-order valence-corrected chi connectivity index (χ3v) is 5.05. The molecule has 0 radical (unpaired) electrons. The maximum Gasteiger partial charge on any atom is 0.276 e. The van der Waals surface area contributed by atoms with E-state index in [1.165, 1.54) is 17.7 Å². The molecule has 4 rings (SSSR count). The van der Waals surface area contributed by atoms with E-state index in [-0.39, 0.29) is 12.7 Å². The van der Waals surface area contributed by atoms with Gasteiger partial charge in [0.2, 0.25) is 6.79 Å². The minimum atomic E-state index is -0.207. The fourth-order valence-electron chi connectivity index (χ4n) is 2.84. The van der Waals surface area contributed by atoms with E-state index in [1.54, 1.807) is 12.0 Å². The third kappa shape index (κ3) is 3.67. The molecule has 1 amide bonds. The molecule has 2 aromatic heterocycles. The lowest BCUT2D eigenvalue weighted by atomic mass is 10.1. The second-order valence-electron chi connectivity index (χ2n) is 5.91. The fourth-order valence-corrected chi connectivity index (χ4v) is 3.56. The lowest BCUT2D eigenvalue weighted by Crippen LogP contribution is -2.34. The number of thiophene rings is 1. The molecule has 0 aliphatic carbocycles. The van der Waals surface area contributed by atoms with Crippen LogP contribution in [0.5, 0.6) is 11.5 Å². The van der Waals surface area contributed by atoms with E-state index in [1.807, 2.05) is 35.7 Å². The van der Waals surface area contributed by atoms with Crippen molar-refractivity contribution in [3.63, 3.8) is 0 Å². The largest absolute Gasteiger partial charge is 0.454 e. The van der Waals surface area contributed by atoms with Crippen LogP contribution in [0.3, 0.4) is 0 Å². The Kier molecular flexibility index (Phi) is 5.08. The molecular formula is C19H18N2O5S. The van der Waals surface area contributed by atoms with Gasteiger partial charge in [-0.15, -0.1) is 11.3 Å². The lowest BCUT2D eigenvalue weighted by molar-refractivity contribution is 0.0675. The maximum atomic E-state index is 13.2. The summed E-state index contributed by atoms with van der Waals surface area (Å²) >= 11 is 1.50. The van der Waals surface area contributed by atoms with Crippen molar-refractivity contribution >= 4 is 17.2 Å². The number of fused-ring (bicyclic) bond motifs is 1. The van der Waals surface area contributed by atoms with Crippen molar-refractivity contribution in [3.05, 3.63) is 53.4 Å². The van der Waals surface area contributed by atoms with Crippen LogP contribution >= 0.6 is 11.3 Å². The van der Waals surface area contributed by atoms with E-state index in [4.69, 9.17) is 18.6 Å². The Morgan fingerprint density at radius 3 is 3.00 bits per heavy atom. The van der Waals surface area contributed by atoms with Crippen molar-refractivity contribution in [1.82, 2.24) is 9.88 Å². The van der Waals surface area contributed by atoms with Crippen molar-refractivity contribution in [3.8, 4) is 22.1 Å². The van der Waals surface area contributed by atoms with Gasteiger partial charge in [-0.2, -0.15) is 0 Å². The number of hydrogen-bond acceptors (Lipinski definition) is 7. The molecule has 3 heterocycles. The monoisotopic (exact) mass is 386 g/mol. The van der Waals surface area contributed by atoms with Crippen molar-refractivity contribution in [1.29, 1.82) is 0 Å². The lowest BCUT2D eigenvalue weighted by Gasteiger charge is -2.22. The molecular weight excluding hydrogens is 368 g/mol.